The molecule has 5 rings (SSSR count). The predicted molar refractivity (Wildman–Crippen MR) is 172 cm³/mol. The first kappa shape index (κ1) is 31.9. The first-order valence-electron chi connectivity index (χ1n) is 14.9. The van der Waals surface area contributed by atoms with E-state index in [0.29, 0.717) is 47.6 Å². The molecule has 0 radical (unpaired) electrons. The fraction of sp³-hybridized carbons (Fsp3) is 0.455. The van der Waals surface area contributed by atoms with E-state index in [2.05, 4.69) is 0 Å². The molecule has 1 aromatic heterocycles. The van der Waals surface area contributed by atoms with Gasteiger partial charge in [-0.2, -0.15) is 5.10 Å². The number of fused-ring (bicyclic) bond motifs is 1. The molecule has 2 aliphatic heterocycles. The lowest BCUT2D eigenvalue weighted by Gasteiger charge is -2.35. The number of hydrogen-bond acceptors (Lipinski definition) is 5. The van der Waals surface area contributed by atoms with Crippen LogP contribution in [0.15, 0.2) is 36.4 Å². The zero-order chi connectivity index (χ0) is 32.1. The Kier molecular flexibility index (Phi) is 8.75. The number of benzene rings is 2. The molecule has 0 bridgehead atoms. The minimum Gasteiger partial charge on any atom is -0.444 e. The van der Waals surface area contributed by atoms with Gasteiger partial charge in [0, 0.05) is 53.2 Å². The first-order chi connectivity index (χ1) is 20.7. The first-order valence-corrected chi connectivity index (χ1v) is 15.6. The summed E-state index contributed by atoms with van der Waals surface area (Å²) >= 11 is 12.8. The standard InChI is InChI=1S/C33H39Cl2N5O4/c1-19(2)29-27-28(36-39(29)18-26(41)37-12-14-38(15-13-37)32(43)44-33(5,6)7)31(42)40(25-17-23(35)9-8-20(25)3)30(27)24-11-10-22(34)16-21(24)4/h8-11,16-17,19,30H,12-15,18H2,1-7H3. The van der Waals surface area contributed by atoms with Crippen LogP contribution in [0.1, 0.15) is 85.0 Å². The molecule has 234 valence electrons. The quantitative estimate of drug-likeness (QED) is 0.308. The third kappa shape index (κ3) is 6.17. The summed E-state index contributed by atoms with van der Waals surface area (Å²) in [6.45, 7) is 15.1. The predicted octanol–water partition coefficient (Wildman–Crippen LogP) is 6.76. The number of anilines is 1. The van der Waals surface area contributed by atoms with Crippen molar-refractivity contribution in [2.75, 3.05) is 31.1 Å². The second-order valence-corrected chi connectivity index (χ2v) is 13.7. The van der Waals surface area contributed by atoms with E-state index >= 15 is 0 Å². The molecule has 3 aromatic rings. The van der Waals surface area contributed by atoms with E-state index in [4.69, 9.17) is 33.0 Å². The summed E-state index contributed by atoms with van der Waals surface area (Å²) in [6.07, 6.45) is -0.378. The van der Waals surface area contributed by atoms with E-state index in [1.165, 1.54) is 0 Å². The Labute approximate surface area is 268 Å². The highest BCUT2D eigenvalue weighted by Gasteiger charge is 2.46. The van der Waals surface area contributed by atoms with Crippen molar-refractivity contribution in [3.63, 3.8) is 0 Å². The zero-order valence-corrected chi connectivity index (χ0v) is 27.8. The molecule has 3 amide bonds. The van der Waals surface area contributed by atoms with Crippen LogP contribution in [-0.4, -0.2) is 69.3 Å². The molecule has 0 saturated carbocycles. The zero-order valence-electron chi connectivity index (χ0n) is 26.3. The number of carbonyl (C=O) groups excluding carboxylic acids is 3. The van der Waals surface area contributed by atoms with Crippen molar-refractivity contribution in [1.29, 1.82) is 0 Å². The molecule has 3 heterocycles. The average molecular weight is 641 g/mol. The number of amides is 3. The monoisotopic (exact) mass is 639 g/mol. The highest BCUT2D eigenvalue weighted by molar-refractivity contribution is 6.31. The number of nitrogens with zero attached hydrogens (tertiary/aromatic N) is 5. The largest absolute Gasteiger partial charge is 0.444 e. The molecule has 11 heteroatoms. The van der Waals surface area contributed by atoms with Crippen LogP contribution in [0.4, 0.5) is 10.5 Å². The SMILES string of the molecule is Cc1cc(Cl)ccc1C1c2c(nn(CC(=O)N3CCN(C(=O)OC(C)(C)C)CC3)c2C(C)C)C(=O)N1c1cc(Cl)ccc1C. The summed E-state index contributed by atoms with van der Waals surface area (Å²) in [4.78, 5) is 45.4. The third-order valence-corrected chi connectivity index (χ3v) is 8.53. The Morgan fingerprint density at radius 1 is 0.955 bits per heavy atom. The van der Waals surface area contributed by atoms with E-state index in [-0.39, 0.29) is 30.4 Å². The van der Waals surface area contributed by atoms with Gasteiger partial charge in [-0.05, 0) is 81.5 Å². The average Bonchev–Trinajstić information content (AvgIpc) is 3.43. The van der Waals surface area contributed by atoms with Gasteiger partial charge in [-0.1, -0.05) is 49.2 Å². The lowest BCUT2D eigenvalue weighted by atomic mass is 9.91. The molecule has 1 unspecified atom stereocenters. The number of aryl methyl sites for hydroxylation is 2. The lowest BCUT2D eigenvalue weighted by Crippen LogP contribution is -2.52. The van der Waals surface area contributed by atoms with Crippen molar-refractivity contribution in [2.45, 2.75) is 72.6 Å². The number of ether oxygens (including phenoxy) is 1. The minimum atomic E-state index is -0.585. The molecule has 0 aliphatic carbocycles. The van der Waals surface area contributed by atoms with Crippen molar-refractivity contribution < 1.29 is 19.1 Å². The van der Waals surface area contributed by atoms with Crippen molar-refractivity contribution >= 4 is 46.8 Å². The number of hydrogen-bond donors (Lipinski definition) is 0. The van der Waals surface area contributed by atoms with Gasteiger partial charge in [0.1, 0.15) is 12.1 Å². The summed E-state index contributed by atoms with van der Waals surface area (Å²) in [5.74, 6) is -0.402. The van der Waals surface area contributed by atoms with Crippen molar-refractivity contribution in [3.8, 4) is 0 Å². The fourth-order valence-corrected chi connectivity index (χ4v) is 6.42. The van der Waals surface area contributed by atoms with Crippen LogP contribution in [0.25, 0.3) is 0 Å². The second-order valence-electron chi connectivity index (χ2n) is 12.8. The van der Waals surface area contributed by atoms with Crippen LogP contribution in [0, 0.1) is 13.8 Å². The summed E-state index contributed by atoms with van der Waals surface area (Å²) in [5, 5.41) is 5.93. The fourth-order valence-electron chi connectivity index (χ4n) is 6.03. The lowest BCUT2D eigenvalue weighted by molar-refractivity contribution is -0.133. The van der Waals surface area contributed by atoms with Gasteiger partial charge < -0.3 is 14.5 Å². The second kappa shape index (κ2) is 12.1. The van der Waals surface area contributed by atoms with Crippen molar-refractivity contribution in [1.82, 2.24) is 19.6 Å². The van der Waals surface area contributed by atoms with Crippen molar-refractivity contribution in [3.05, 3.63) is 80.1 Å². The normalized spacial score (nSPS) is 17.0. The van der Waals surface area contributed by atoms with Crippen molar-refractivity contribution in [2.24, 2.45) is 0 Å². The van der Waals surface area contributed by atoms with Gasteiger partial charge in [-0.3, -0.25) is 19.2 Å². The van der Waals surface area contributed by atoms with Gasteiger partial charge in [0.2, 0.25) is 5.91 Å². The van der Waals surface area contributed by atoms with Crippen LogP contribution >= 0.6 is 23.2 Å². The maximum absolute atomic E-state index is 14.2. The van der Waals surface area contributed by atoms with E-state index in [1.54, 1.807) is 25.4 Å². The van der Waals surface area contributed by atoms with Gasteiger partial charge in [0.25, 0.3) is 5.91 Å². The summed E-state index contributed by atoms with van der Waals surface area (Å²) in [6, 6.07) is 10.7. The maximum atomic E-state index is 14.2. The van der Waals surface area contributed by atoms with Crippen LogP contribution in [0.3, 0.4) is 0 Å². The van der Waals surface area contributed by atoms with Crippen LogP contribution in [-0.2, 0) is 16.1 Å². The molecular formula is C33H39Cl2N5O4. The Morgan fingerprint density at radius 3 is 2.18 bits per heavy atom. The Balaban J connectivity index is 1.49. The summed E-state index contributed by atoms with van der Waals surface area (Å²) in [5.41, 5.74) is 4.84. The number of halogens is 2. The molecule has 1 atom stereocenters. The van der Waals surface area contributed by atoms with Crippen LogP contribution < -0.4 is 4.90 Å². The molecule has 9 nitrogen and oxygen atoms in total. The van der Waals surface area contributed by atoms with Gasteiger partial charge in [0.15, 0.2) is 5.69 Å². The Morgan fingerprint density at radius 2 is 1.57 bits per heavy atom. The van der Waals surface area contributed by atoms with Gasteiger partial charge in [0.05, 0.1) is 6.04 Å². The van der Waals surface area contributed by atoms with Gasteiger partial charge in [-0.15, -0.1) is 0 Å². The highest BCUT2D eigenvalue weighted by Crippen LogP contribution is 2.47. The van der Waals surface area contributed by atoms with Crippen LogP contribution in [0.5, 0.6) is 0 Å². The molecule has 2 aromatic carbocycles. The van der Waals surface area contributed by atoms with E-state index in [9.17, 15) is 14.4 Å². The molecule has 0 N–H and O–H groups in total. The minimum absolute atomic E-state index is 0.0112. The molecule has 1 fully saturated rings. The van der Waals surface area contributed by atoms with E-state index in [0.717, 1.165) is 27.9 Å². The molecule has 44 heavy (non-hydrogen) atoms. The van der Waals surface area contributed by atoms with Gasteiger partial charge in [-0.25, -0.2) is 4.79 Å². The number of carbonyl (C=O) groups is 3. The number of piperazine rings is 1. The molecular weight excluding hydrogens is 601 g/mol. The number of rotatable bonds is 5. The topological polar surface area (TPSA) is 88.0 Å². The molecule has 0 spiro atoms. The Bertz CT molecular complexity index is 1620. The summed E-state index contributed by atoms with van der Waals surface area (Å²) in [7, 11) is 0. The maximum Gasteiger partial charge on any atom is 0.410 e. The molecule has 1 saturated heterocycles. The van der Waals surface area contributed by atoms with Gasteiger partial charge >= 0.3 is 6.09 Å². The Hall–Kier alpha value is -3.56. The van der Waals surface area contributed by atoms with E-state index < -0.39 is 11.6 Å². The smallest absolute Gasteiger partial charge is 0.410 e. The highest BCUT2D eigenvalue weighted by atomic mass is 35.5. The summed E-state index contributed by atoms with van der Waals surface area (Å²) < 4.78 is 7.18. The van der Waals surface area contributed by atoms with Crippen LogP contribution in [0.2, 0.25) is 10.0 Å². The van der Waals surface area contributed by atoms with E-state index in [1.807, 2.05) is 78.8 Å². The third-order valence-electron chi connectivity index (χ3n) is 8.06. The molecule has 2 aliphatic rings. The number of aromatic nitrogens is 2.